The molecule has 0 amide bonds. The largest absolute Gasteiger partial charge is 0.489 e. The molecule has 37 heavy (non-hydrogen) atoms. The van der Waals surface area contributed by atoms with Crippen molar-refractivity contribution in [2.45, 2.75) is 38.2 Å². The average Bonchev–Trinajstić information content (AvgIpc) is 3.58. The van der Waals surface area contributed by atoms with Crippen LogP contribution in [0.3, 0.4) is 0 Å². The van der Waals surface area contributed by atoms with Gasteiger partial charge in [0.25, 0.3) is 0 Å². The van der Waals surface area contributed by atoms with E-state index >= 15 is 0 Å². The zero-order valence-electron chi connectivity index (χ0n) is 20.2. The van der Waals surface area contributed by atoms with E-state index in [0.717, 1.165) is 68.6 Å². The van der Waals surface area contributed by atoms with E-state index in [9.17, 15) is 0 Å². The van der Waals surface area contributed by atoms with E-state index in [4.69, 9.17) is 9.72 Å². The molecule has 2 N–H and O–H groups in total. The molecule has 0 bridgehead atoms. The Kier molecular flexibility index (Phi) is 5.35. The summed E-state index contributed by atoms with van der Waals surface area (Å²) in [4.78, 5) is 21.6. The smallest absolute Gasteiger partial charge is 0.159 e. The average molecular weight is 488 g/mol. The van der Waals surface area contributed by atoms with Gasteiger partial charge < -0.3 is 9.72 Å². The summed E-state index contributed by atoms with van der Waals surface area (Å²) in [5, 5.41) is 8.62. The van der Waals surface area contributed by atoms with Gasteiger partial charge >= 0.3 is 0 Å². The van der Waals surface area contributed by atoms with Gasteiger partial charge in [-0.15, -0.1) is 0 Å². The monoisotopic (exact) mass is 487 g/mol. The minimum absolute atomic E-state index is 0.270. The number of imidazole rings is 1. The normalized spacial score (nSPS) is 14.4. The van der Waals surface area contributed by atoms with Crippen LogP contribution in [0.15, 0.2) is 73.4 Å². The summed E-state index contributed by atoms with van der Waals surface area (Å²) in [5.41, 5.74) is 7.27. The summed E-state index contributed by atoms with van der Waals surface area (Å²) >= 11 is 0. The highest BCUT2D eigenvalue weighted by atomic mass is 16.5. The zero-order valence-corrected chi connectivity index (χ0v) is 20.2. The van der Waals surface area contributed by atoms with Gasteiger partial charge in [-0.3, -0.25) is 20.1 Å². The first-order chi connectivity index (χ1) is 18.3. The molecule has 0 atom stereocenters. The van der Waals surface area contributed by atoms with Gasteiger partial charge in [0.05, 0.1) is 40.7 Å². The Balaban J connectivity index is 1.26. The molecule has 0 saturated heterocycles. The summed E-state index contributed by atoms with van der Waals surface area (Å²) in [5.74, 6) is 1.49. The fourth-order valence-corrected chi connectivity index (χ4v) is 5.16. The predicted molar refractivity (Wildman–Crippen MR) is 143 cm³/mol. The van der Waals surface area contributed by atoms with Crippen LogP contribution in [0.25, 0.3) is 55.8 Å². The van der Waals surface area contributed by atoms with Crippen molar-refractivity contribution in [2.24, 2.45) is 0 Å². The van der Waals surface area contributed by atoms with E-state index in [0.29, 0.717) is 5.82 Å². The number of nitrogens with zero attached hydrogens (tertiary/aromatic N) is 5. The quantitative estimate of drug-likeness (QED) is 0.294. The lowest BCUT2D eigenvalue weighted by atomic mass is 9.98. The van der Waals surface area contributed by atoms with E-state index < -0.39 is 0 Å². The van der Waals surface area contributed by atoms with Crippen LogP contribution in [0.2, 0.25) is 0 Å². The molecule has 8 nitrogen and oxygen atoms in total. The minimum Gasteiger partial charge on any atom is -0.489 e. The molecule has 0 spiro atoms. The number of nitrogens with one attached hydrogen (secondary N) is 2. The van der Waals surface area contributed by atoms with Gasteiger partial charge in [0.1, 0.15) is 11.4 Å². The molecule has 1 aliphatic carbocycles. The number of aromatic nitrogens is 7. The highest BCUT2D eigenvalue weighted by molar-refractivity contribution is 5.97. The summed E-state index contributed by atoms with van der Waals surface area (Å²) < 4.78 is 6.24. The molecule has 1 aromatic carbocycles. The topological polar surface area (TPSA) is 105 Å². The number of pyridine rings is 3. The lowest BCUT2D eigenvalue weighted by molar-refractivity contribution is 0.154. The van der Waals surface area contributed by atoms with Crippen molar-refractivity contribution in [2.75, 3.05) is 0 Å². The van der Waals surface area contributed by atoms with Gasteiger partial charge in [-0.1, -0.05) is 18.6 Å². The number of aromatic amines is 2. The molecule has 182 valence electrons. The zero-order chi connectivity index (χ0) is 24.6. The Labute approximate surface area is 213 Å². The van der Waals surface area contributed by atoms with E-state index in [1.54, 1.807) is 24.8 Å². The van der Waals surface area contributed by atoms with Gasteiger partial charge in [-0.05, 0) is 61.6 Å². The van der Waals surface area contributed by atoms with Crippen LogP contribution in [0.4, 0.5) is 0 Å². The number of benzene rings is 1. The van der Waals surface area contributed by atoms with Crippen molar-refractivity contribution in [3.8, 4) is 39.7 Å². The summed E-state index contributed by atoms with van der Waals surface area (Å²) in [6, 6.07) is 14.2. The second-order valence-corrected chi connectivity index (χ2v) is 9.50. The van der Waals surface area contributed by atoms with E-state index in [1.807, 2.05) is 42.6 Å². The molecule has 5 heterocycles. The van der Waals surface area contributed by atoms with E-state index in [-0.39, 0.29) is 6.10 Å². The molecule has 1 aliphatic rings. The van der Waals surface area contributed by atoms with Crippen LogP contribution in [-0.2, 0) is 0 Å². The van der Waals surface area contributed by atoms with Gasteiger partial charge in [0.15, 0.2) is 5.82 Å². The predicted octanol–water partition coefficient (Wildman–Crippen LogP) is 6.34. The Morgan fingerprint density at radius 3 is 2.62 bits per heavy atom. The Bertz CT molecular complexity index is 1700. The van der Waals surface area contributed by atoms with Crippen molar-refractivity contribution >= 4 is 21.9 Å². The first-order valence-electron chi connectivity index (χ1n) is 12.7. The van der Waals surface area contributed by atoms with Crippen molar-refractivity contribution in [1.29, 1.82) is 0 Å². The first-order valence-corrected chi connectivity index (χ1v) is 12.7. The number of hydrogen-bond donors (Lipinski definition) is 2. The number of fused-ring (bicyclic) bond motifs is 2. The van der Waals surface area contributed by atoms with Gasteiger partial charge in [0.2, 0.25) is 0 Å². The summed E-state index contributed by atoms with van der Waals surface area (Å²) in [6.45, 7) is 0. The van der Waals surface area contributed by atoms with E-state index in [1.165, 1.54) is 19.3 Å². The van der Waals surface area contributed by atoms with Crippen LogP contribution < -0.4 is 4.74 Å². The molecule has 0 aliphatic heterocycles. The SMILES string of the molecule is c1cc(-c2ccncc2)c2nc(-c3n[nH]c4cnc(-c5cncc(OC6CCCCC6)c5)cc34)[nH]c2c1. The number of ether oxygens (including phenoxy) is 1. The minimum atomic E-state index is 0.270. The van der Waals surface area contributed by atoms with Gasteiger partial charge in [-0.2, -0.15) is 5.10 Å². The molecule has 0 radical (unpaired) electrons. The number of hydrogen-bond acceptors (Lipinski definition) is 6. The third kappa shape index (κ3) is 4.10. The van der Waals surface area contributed by atoms with Crippen molar-refractivity contribution in [1.82, 2.24) is 35.1 Å². The van der Waals surface area contributed by atoms with Crippen molar-refractivity contribution < 1.29 is 4.74 Å². The fraction of sp³-hybridized carbons (Fsp3) is 0.207. The molecular formula is C29H25N7O. The van der Waals surface area contributed by atoms with Crippen LogP contribution in [0.1, 0.15) is 32.1 Å². The first kappa shape index (κ1) is 21.7. The Morgan fingerprint density at radius 2 is 1.73 bits per heavy atom. The Hall–Kier alpha value is -4.59. The molecule has 6 aromatic rings. The molecule has 0 unspecified atom stereocenters. The Morgan fingerprint density at radius 1 is 0.838 bits per heavy atom. The van der Waals surface area contributed by atoms with Crippen molar-refractivity contribution in [3.05, 3.63) is 73.4 Å². The van der Waals surface area contributed by atoms with Crippen LogP contribution >= 0.6 is 0 Å². The van der Waals surface area contributed by atoms with Crippen LogP contribution in [-0.4, -0.2) is 41.2 Å². The molecule has 1 saturated carbocycles. The summed E-state index contributed by atoms with van der Waals surface area (Å²) in [7, 11) is 0. The molecule has 5 aromatic heterocycles. The van der Waals surface area contributed by atoms with Gasteiger partial charge in [0, 0.05) is 35.1 Å². The fourth-order valence-electron chi connectivity index (χ4n) is 5.16. The van der Waals surface area contributed by atoms with Crippen molar-refractivity contribution in [3.63, 3.8) is 0 Å². The van der Waals surface area contributed by atoms with Crippen LogP contribution in [0.5, 0.6) is 5.75 Å². The van der Waals surface area contributed by atoms with E-state index in [2.05, 4.69) is 36.2 Å². The standard InChI is InChI=1S/C29H25N7O/c1-2-5-20(6-3-1)37-21-13-19(15-31-16-21)25-14-23-26(17-32-25)35-36-28(23)29-33-24-8-4-7-22(27(24)34-29)18-9-11-30-12-10-18/h4,7-17,20H,1-3,5-6H2,(H,33,34)(H,35,36). The van der Waals surface area contributed by atoms with Crippen LogP contribution in [0, 0.1) is 0 Å². The molecular weight excluding hydrogens is 462 g/mol. The lowest BCUT2D eigenvalue weighted by Gasteiger charge is -2.22. The third-order valence-electron chi connectivity index (χ3n) is 7.04. The highest BCUT2D eigenvalue weighted by Crippen LogP contribution is 2.33. The summed E-state index contributed by atoms with van der Waals surface area (Å²) in [6.07, 6.45) is 15.2. The molecule has 8 heteroatoms. The maximum atomic E-state index is 6.24. The molecule has 1 fully saturated rings. The third-order valence-corrected chi connectivity index (χ3v) is 7.04. The second-order valence-electron chi connectivity index (χ2n) is 9.50. The second kappa shape index (κ2) is 9.13. The number of para-hydroxylation sites is 1. The van der Waals surface area contributed by atoms with Gasteiger partial charge in [-0.25, -0.2) is 4.98 Å². The highest BCUT2D eigenvalue weighted by Gasteiger charge is 2.18. The maximum Gasteiger partial charge on any atom is 0.159 e. The molecule has 7 rings (SSSR count). The maximum absolute atomic E-state index is 6.24. The lowest BCUT2D eigenvalue weighted by Crippen LogP contribution is -2.19. The number of rotatable bonds is 5. The number of H-pyrrole nitrogens is 2.